The van der Waals surface area contributed by atoms with Gasteiger partial charge < -0.3 is 52.6 Å². The van der Waals surface area contributed by atoms with E-state index in [1.807, 2.05) is 109 Å². The minimum Gasteiger partial charge on any atom is -0.494 e. The van der Waals surface area contributed by atoms with E-state index in [1.54, 1.807) is 45.6 Å². The van der Waals surface area contributed by atoms with Crippen LogP contribution in [0.3, 0.4) is 0 Å². The number of piperidine rings is 3. The van der Waals surface area contributed by atoms with Crippen LogP contribution < -0.4 is 37.9 Å². The molecule has 6 aromatic carbocycles. The second-order valence-electron chi connectivity index (χ2n) is 21.3. The fraction of sp³-hybridized carbons (Fsp3) is 0.471. The maximum Gasteiger partial charge on any atom is 0.203 e. The molecule has 3 aliphatic heterocycles. The molecule has 11 nitrogen and oxygen atoms in total. The topological polar surface area (TPSA) is 83.6 Å². The molecular weight excluding hydrogens is 1020 g/mol. The highest BCUT2D eigenvalue weighted by Gasteiger charge is 2.24. The highest BCUT2D eigenvalue weighted by Crippen LogP contribution is 2.40. The van der Waals surface area contributed by atoms with Gasteiger partial charge in [-0.15, -0.1) is 0 Å². The summed E-state index contributed by atoms with van der Waals surface area (Å²) in [5.74, 6) is 7.46. The molecule has 0 unspecified atom stereocenters. The average molecular weight is 1110 g/mol. The number of ether oxygens (including phenoxy) is 8. The summed E-state index contributed by atoms with van der Waals surface area (Å²) in [6.07, 6.45) is 13.0. The second kappa shape index (κ2) is 34.7. The van der Waals surface area contributed by atoms with E-state index in [0.29, 0.717) is 35.2 Å². The van der Waals surface area contributed by atoms with Crippen molar-refractivity contribution < 1.29 is 46.7 Å². The molecule has 0 aliphatic carbocycles. The Labute approximate surface area is 482 Å². The molecule has 3 heterocycles. The standard InChI is InChI=1S/C24H33NO4.C23H30FNO3.C21H26FNO/c1-26-22-10-9-20(23(27-2)24(22)28-3)13-17-25-15-11-19(12-16-25)14-18-29-21-7-5-4-6-8-21;1-26-21-9-8-19(22(24)23(21)27-2)12-16-25-14-10-18(11-15-25)13-17-28-20-6-4-3-5-7-20;22-21-9-5-4-6-19(21)12-16-23-14-10-18(11-15-23)13-17-24-20-7-2-1-3-8-20/h4-10,19H,11-18H2,1-3H3;3-9,18H,10-17H2,1-2H3;1-9,18H,10-17H2. The Kier molecular flexibility index (Phi) is 26.6. The molecule has 0 saturated carbocycles. The first-order chi connectivity index (χ1) is 39.8. The van der Waals surface area contributed by atoms with Crippen LogP contribution in [-0.2, 0) is 19.3 Å². The smallest absolute Gasteiger partial charge is 0.203 e. The maximum absolute atomic E-state index is 14.6. The highest BCUT2D eigenvalue weighted by atomic mass is 19.1. The third-order valence-corrected chi connectivity index (χ3v) is 16.1. The summed E-state index contributed by atoms with van der Waals surface area (Å²) in [5, 5.41) is 0. The molecule has 0 bridgehead atoms. The van der Waals surface area contributed by atoms with Crippen LogP contribution in [0.1, 0.15) is 74.5 Å². The molecule has 9 rings (SSSR count). The van der Waals surface area contributed by atoms with Gasteiger partial charge in [-0.1, -0.05) is 84.9 Å². The zero-order chi connectivity index (χ0) is 56.9. The van der Waals surface area contributed by atoms with Crippen LogP contribution >= 0.6 is 0 Å². The lowest BCUT2D eigenvalue weighted by Gasteiger charge is -2.32. The summed E-state index contributed by atoms with van der Waals surface area (Å²) in [6, 6.07) is 44.8. The third kappa shape index (κ3) is 20.4. The lowest BCUT2D eigenvalue weighted by atomic mass is 9.93. The Balaban J connectivity index is 0.000000176. The average Bonchev–Trinajstić information content (AvgIpc) is 3.53. The Bertz CT molecular complexity index is 2660. The zero-order valence-corrected chi connectivity index (χ0v) is 48.8. The normalized spacial score (nSPS) is 15.5. The van der Waals surface area contributed by atoms with Gasteiger partial charge in [-0.05, 0) is 205 Å². The number of methoxy groups -OCH3 is 5. The van der Waals surface area contributed by atoms with Crippen molar-refractivity contribution in [2.45, 2.75) is 77.0 Å². The van der Waals surface area contributed by atoms with Gasteiger partial charge in [0.1, 0.15) is 23.1 Å². The summed E-state index contributed by atoms with van der Waals surface area (Å²) in [4.78, 5) is 7.43. The Hall–Kier alpha value is -6.54. The fourth-order valence-corrected chi connectivity index (χ4v) is 11.1. The lowest BCUT2D eigenvalue weighted by molar-refractivity contribution is 0.164. The summed E-state index contributed by atoms with van der Waals surface area (Å²) < 4.78 is 72.5. The maximum atomic E-state index is 14.6. The molecule has 13 heteroatoms. The van der Waals surface area contributed by atoms with E-state index in [2.05, 4.69) is 20.8 Å². The molecular formula is C68H89F2N3O8. The molecule has 81 heavy (non-hydrogen) atoms. The predicted octanol–water partition coefficient (Wildman–Crippen LogP) is 13.6. The molecule has 6 aromatic rings. The SMILES string of the molecule is COc1ccc(CCN2CCC(CCOc3ccccc3)CC2)c(F)c1OC.COc1ccc(CCN2CCC(CCOc3ccccc3)CC2)c(OC)c1OC.Fc1ccccc1CCN1CCC(CCOc2ccccc2)CC1. The van der Waals surface area contributed by atoms with Crippen molar-refractivity contribution >= 4 is 0 Å². The van der Waals surface area contributed by atoms with E-state index in [0.717, 1.165) is 157 Å². The quantitative estimate of drug-likeness (QED) is 0.0521. The number of likely N-dealkylation sites (tertiary alicyclic amines) is 3. The molecule has 0 N–H and O–H groups in total. The van der Waals surface area contributed by atoms with Crippen molar-refractivity contribution in [2.24, 2.45) is 17.8 Å². The van der Waals surface area contributed by atoms with Crippen LogP contribution in [0, 0.1) is 29.4 Å². The molecule has 0 atom stereocenters. The van der Waals surface area contributed by atoms with E-state index < -0.39 is 0 Å². The summed E-state index contributed by atoms with van der Waals surface area (Å²) in [5.41, 5.74) is 2.66. The van der Waals surface area contributed by atoms with E-state index in [4.69, 9.17) is 37.9 Å². The zero-order valence-electron chi connectivity index (χ0n) is 48.8. The van der Waals surface area contributed by atoms with Gasteiger partial charge in [-0.25, -0.2) is 8.78 Å². The van der Waals surface area contributed by atoms with Gasteiger partial charge in [0.2, 0.25) is 5.75 Å². The van der Waals surface area contributed by atoms with Gasteiger partial charge in [0, 0.05) is 19.6 Å². The largest absolute Gasteiger partial charge is 0.494 e. The molecule has 438 valence electrons. The van der Waals surface area contributed by atoms with Crippen LogP contribution in [0.25, 0.3) is 0 Å². The van der Waals surface area contributed by atoms with Gasteiger partial charge in [0.15, 0.2) is 28.8 Å². The fourth-order valence-electron chi connectivity index (χ4n) is 11.1. The number of benzene rings is 6. The van der Waals surface area contributed by atoms with E-state index in [1.165, 1.54) is 52.7 Å². The van der Waals surface area contributed by atoms with Crippen LogP contribution in [0.2, 0.25) is 0 Å². The van der Waals surface area contributed by atoms with Crippen molar-refractivity contribution in [1.82, 2.24) is 14.7 Å². The van der Waals surface area contributed by atoms with Gasteiger partial charge in [0.25, 0.3) is 0 Å². The van der Waals surface area contributed by atoms with E-state index in [9.17, 15) is 8.78 Å². The minimum absolute atomic E-state index is 0.0783. The van der Waals surface area contributed by atoms with Crippen molar-refractivity contribution in [3.05, 3.63) is 168 Å². The minimum atomic E-state index is -0.310. The monoisotopic (exact) mass is 1110 g/mol. The third-order valence-electron chi connectivity index (χ3n) is 16.1. The molecule has 0 radical (unpaired) electrons. The number of nitrogens with zero attached hydrogens (tertiary/aromatic N) is 3. The predicted molar refractivity (Wildman–Crippen MR) is 320 cm³/mol. The van der Waals surface area contributed by atoms with Crippen molar-refractivity contribution in [3.63, 3.8) is 0 Å². The van der Waals surface area contributed by atoms with Crippen LogP contribution in [0.4, 0.5) is 8.78 Å². The molecule has 3 aliphatic rings. The van der Waals surface area contributed by atoms with Gasteiger partial charge >= 0.3 is 0 Å². The summed E-state index contributed by atoms with van der Waals surface area (Å²) in [6.45, 7) is 11.8. The number of para-hydroxylation sites is 3. The Morgan fingerprint density at radius 1 is 0.358 bits per heavy atom. The second-order valence-corrected chi connectivity index (χ2v) is 21.3. The van der Waals surface area contributed by atoms with E-state index in [-0.39, 0.29) is 17.4 Å². The summed E-state index contributed by atoms with van der Waals surface area (Å²) >= 11 is 0. The van der Waals surface area contributed by atoms with Crippen molar-refractivity contribution in [2.75, 3.05) is 114 Å². The molecule has 3 fully saturated rings. The van der Waals surface area contributed by atoms with Crippen LogP contribution in [-0.4, -0.2) is 129 Å². The van der Waals surface area contributed by atoms with Gasteiger partial charge in [-0.3, -0.25) is 0 Å². The molecule has 0 spiro atoms. The van der Waals surface area contributed by atoms with Gasteiger partial charge in [-0.2, -0.15) is 0 Å². The first-order valence-electron chi connectivity index (χ1n) is 29.4. The number of halogens is 2. The lowest BCUT2D eigenvalue weighted by Crippen LogP contribution is -2.35. The van der Waals surface area contributed by atoms with Crippen LogP contribution in [0.5, 0.6) is 46.0 Å². The highest BCUT2D eigenvalue weighted by molar-refractivity contribution is 5.56. The first-order valence-corrected chi connectivity index (χ1v) is 29.4. The Morgan fingerprint density at radius 3 is 1.09 bits per heavy atom. The number of hydrogen-bond donors (Lipinski definition) is 0. The van der Waals surface area contributed by atoms with E-state index >= 15 is 0 Å². The first kappa shape index (κ1) is 62.1. The number of rotatable bonds is 26. The molecule has 0 aromatic heterocycles. The van der Waals surface area contributed by atoms with Gasteiger partial charge in [0.05, 0.1) is 55.4 Å². The van der Waals surface area contributed by atoms with Crippen molar-refractivity contribution in [1.29, 1.82) is 0 Å². The van der Waals surface area contributed by atoms with Crippen molar-refractivity contribution in [3.8, 4) is 46.0 Å². The molecule has 3 saturated heterocycles. The Morgan fingerprint density at radius 2 is 0.704 bits per heavy atom. The van der Waals surface area contributed by atoms with Crippen LogP contribution in [0.15, 0.2) is 140 Å². The molecule has 0 amide bonds. The summed E-state index contributed by atoms with van der Waals surface area (Å²) in [7, 11) is 7.97. The number of hydrogen-bond acceptors (Lipinski definition) is 11.